The van der Waals surface area contributed by atoms with Crippen molar-refractivity contribution in [3.05, 3.63) is 29.6 Å². The van der Waals surface area contributed by atoms with Crippen LogP contribution in [0.5, 0.6) is 0 Å². The highest BCUT2D eigenvalue weighted by Crippen LogP contribution is 2.24. The third-order valence-electron chi connectivity index (χ3n) is 3.20. The van der Waals surface area contributed by atoms with E-state index in [-0.39, 0.29) is 0 Å². The summed E-state index contributed by atoms with van der Waals surface area (Å²) in [6, 6.07) is 6.76. The van der Waals surface area contributed by atoms with E-state index in [1.165, 1.54) is 5.52 Å². The van der Waals surface area contributed by atoms with Crippen LogP contribution < -0.4 is 0 Å². The molecule has 0 bridgehead atoms. The van der Waals surface area contributed by atoms with Crippen molar-refractivity contribution < 1.29 is 0 Å². The summed E-state index contributed by atoms with van der Waals surface area (Å²) in [6.07, 6.45) is 0.952. The van der Waals surface area contributed by atoms with E-state index in [4.69, 9.17) is 4.98 Å². The highest BCUT2D eigenvalue weighted by molar-refractivity contribution is 6.83. The Hall–Kier alpha value is -1.53. The smallest absolute Gasteiger partial charge is 0.129 e. The molecule has 0 aliphatic heterocycles. The maximum Gasteiger partial charge on any atom is 0.129 e. The number of fused-ring (bicyclic) bond motifs is 1. The zero-order valence-electron chi connectivity index (χ0n) is 13.4. The van der Waals surface area contributed by atoms with Gasteiger partial charge in [0.15, 0.2) is 0 Å². The van der Waals surface area contributed by atoms with E-state index in [0.29, 0.717) is 6.04 Å². The highest BCUT2D eigenvalue weighted by Gasteiger charge is 2.14. The van der Waals surface area contributed by atoms with E-state index in [9.17, 15) is 0 Å². The van der Waals surface area contributed by atoms with Crippen LogP contribution in [-0.4, -0.2) is 17.6 Å². The van der Waals surface area contributed by atoms with Gasteiger partial charge in [-0.05, 0) is 26.0 Å². The van der Waals surface area contributed by atoms with Crippen LogP contribution >= 0.6 is 0 Å². The molecule has 20 heavy (non-hydrogen) atoms. The third kappa shape index (κ3) is 2.96. The Labute approximate surface area is 123 Å². The number of hydrogen-bond donors (Lipinski definition) is 0. The van der Waals surface area contributed by atoms with Gasteiger partial charge in [0.1, 0.15) is 19.4 Å². The number of benzene rings is 1. The van der Waals surface area contributed by atoms with Crippen molar-refractivity contribution in [1.29, 1.82) is 0 Å². The zero-order valence-corrected chi connectivity index (χ0v) is 14.4. The first kappa shape index (κ1) is 14.9. The van der Waals surface area contributed by atoms with Crippen molar-refractivity contribution in [2.75, 3.05) is 0 Å². The summed E-state index contributed by atoms with van der Waals surface area (Å²) in [4.78, 5) is 4.83. The molecule has 0 saturated carbocycles. The van der Waals surface area contributed by atoms with Crippen molar-refractivity contribution in [1.82, 2.24) is 9.55 Å². The fourth-order valence-electron chi connectivity index (χ4n) is 2.35. The molecule has 0 radical (unpaired) electrons. The lowest BCUT2D eigenvalue weighted by molar-refractivity contribution is 0.588. The molecule has 2 rings (SSSR count). The molecule has 0 aliphatic rings. The SMILES string of the molecule is CCc1nc2c(C#C[Si](C)(C)C)cccc2n1C(C)C. The van der Waals surface area contributed by atoms with Gasteiger partial charge in [0.25, 0.3) is 0 Å². The Bertz CT molecular complexity index is 679. The Morgan fingerprint density at radius 3 is 2.50 bits per heavy atom. The lowest BCUT2D eigenvalue weighted by Gasteiger charge is -2.11. The topological polar surface area (TPSA) is 17.8 Å². The van der Waals surface area contributed by atoms with Gasteiger partial charge in [-0.15, -0.1) is 5.54 Å². The largest absolute Gasteiger partial charge is 0.325 e. The second kappa shape index (κ2) is 5.45. The van der Waals surface area contributed by atoms with Gasteiger partial charge in [0.2, 0.25) is 0 Å². The van der Waals surface area contributed by atoms with Crippen molar-refractivity contribution in [2.45, 2.75) is 52.9 Å². The van der Waals surface area contributed by atoms with Gasteiger partial charge in [-0.1, -0.05) is 38.6 Å². The molecule has 2 nitrogen and oxygen atoms in total. The molecule has 1 heterocycles. The molecule has 0 spiro atoms. The first-order chi connectivity index (χ1) is 9.33. The summed E-state index contributed by atoms with van der Waals surface area (Å²) in [5, 5.41) is 0. The summed E-state index contributed by atoms with van der Waals surface area (Å²) in [5.74, 6) is 4.52. The number of rotatable bonds is 2. The lowest BCUT2D eigenvalue weighted by atomic mass is 10.2. The molecule has 0 saturated heterocycles. The van der Waals surface area contributed by atoms with Gasteiger partial charge in [0.05, 0.1) is 11.1 Å². The van der Waals surface area contributed by atoms with Crippen molar-refractivity contribution >= 4 is 19.1 Å². The first-order valence-electron chi connectivity index (χ1n) is 7.36. The van der Waals surface area contributed by atoms with E-state index in [1.54, 1.807) is 0 Å². The molecule has 1 aromatic heterocycles. The molecule has 0 aliphatic carbocycles. The summed E-state index contributed by atoms with van der Waals surface area (Å²) >= 11 is 0. The molecule has 106 valence electrons. The second-order valence-corrected chi connectivity index (χ2v) is 11.3. The number of para-hydroxylation sites is 1. The summed E-state index contributed by atoms with van der Waals surface area (Å²) < 4.78 is 2.33. The average molecular weight is 284 g/mol. The van der Waals surface area contributed by atoms with Crippen LogP contribution in [0.25, 0.3) is 11.0 Å². The van der Waals surface area contributed by atoms with E-state index in [0.717, 1.165) is 23.3 Å². The van der Waals surface area contributed by atoms with Crippen LogP contribution in [0.1, 0.15) is 38.2 Å². The fourth-order valence-corrected chi connectivity index (χ4v) is 2.86. The lowest BCUT2D eigenvalue weighted by Crippen LogP contribution is -2.16. The Kier molecular flexibility index (Phi) is 4.05. The molecule has 0 amide bonds. The van der Waals surface area contributed by atoms with Gasteiger partial charge in [-0.25, -0.2) is 4.98 Å². The van der Waals surface area contributed by atoms with E-state index in [2.05, 4.69) is 74.6 Å². The first-order valence-corrected chi connectivity index (χ1v) is 10.9. The summed E-state index contributed by atoms with van der Waals surface area (Å²) in [6.45, 7) is 13.4. The fraction of sp³-hybridized carbons (Fsp3) is 0.471. The number of nitrogens with zero attached hydrogens (tertiary/aromatic N) is 2. The predicted octanol–water partition coefficient (Wildman–Crippen LogP) is 4.41. The van der Waals surface area contributed by atoms with E-state index in [1.807, 2.05) is 0 Å². The molecule has 0 atom stereocenters. The van der Waals surface area contributed by atoms with Gasteiger partial charge in [-0.3, -0.25) is 0 Å². The number of aromatic nitrogens is 2. The summed E-state index contributed by atoms with van der Waals surface area (Å²) in [5.41, 5.74) is 6.78. The molecule has 2 aromatic rings. The molecule has 0 unspecified atom stereocenters. The van der Waals surface area contributed by atoms with Crippen LogP contribution in [0.15, 0.2) is 18.2 Å². The van der Waals surface area contributed by atoms with Crippen LogP contribution in [0.2, 0.25) is 19.6 Å². The van der Waals surface area contributed by atoms with Crippen LogP contribution in [0.4, 0.5) is 0 Å². The maximum absolute atomic E-state index is 4.83. The normalized spacial score (nSPS) is 11.8. The van der Waals surface area contributed by atoms with Gasteiger partial charge < -0.3 is 4.57 Å². The quantitative estimate of drug-likeness (QED) is 0.590. The summed E-state index contributed by atoms with van der Waals surface area (Å²) in [7, 11) is -1.36. The van der Waals surface area contributed by atoms with Gasteiger partial charge >= 0.3 is 0 Å². The third-order valence-corrected chi connectivity index (χ3v) is 4.07. The number of imidazole rings is 1. The highest BCUT2D eigenvalue weighted by atomic mass is 28.3. The minimum Gasteiger partial charge on any atom is -0.325 e. The van der Waals surface area contributed by atoms with Crippen LogP contribution in [-0.2, 0) is 6.42 Å². The van der Waals surface area contributed by atoms with Crippen molar-refractivity contribution in [3.8, 4) is 11.5 Å². The minimum absolute atomic E-state index is 0.426. The number of aryl methyl sites for hydroxylation is 1. The standard InChI is InChI=1S/C17H24N2Si/c1-7-16-18-17-14(11-12-20(4,5)6)9-8-10-15(17)19(16)13(2)3/h8-10,13H,7H2,1-6H3. The Morgan fingerprint density at radius 2 is 1.95 bits per heavy atom. The molecule has 1 aromatic carbocycles. The Morgan fingerprint density at radius 1 is 1.25 bits per heavy atom. The zero-order chi connectivity index (χ0) is 14.9. The average Bonchev–Trinajstić information content (AvgIpc) is 2.74. The van der Waals surface area contributed by atoms with Gasteiger partial charge in [0, 0.05) is 12.5 Å². The molecule has 0 fully saturated rings. The molecule has 0 N–H and O–H groups in total. The van der Waals surface area contributed by atoms with Gasteiger partial charge in [-0.2, -0.15) is 0 Å². The van der Waals surface area contributed by atoms with E-state index < -0.39 is 8.07 Å². The molecular formula is C17H24N2Si. The minimum atomic E-state index is -1.36. The molecule has 3 heteroatoms. The maximum atomic E-state index is 4.83. The van der Waals surface area contributed by atoms with Crippen molar-refractivity contribution in [3.63, 3.8) is 0 Å². The monoisotopic (exact) mass is 284 g/mol. The van der Waals surface area contributed by atoms with Crippen LogP contribution in [0, 0.1) is 11.5 Å². The predicted molar refractivity (Wildman–Crippen MR) is 89.7 cm³/mol. The van der Waals surface area contributed by atoms with Crippen molar-refractivity contribution in [2.24, 2.45) is 0 Å². The van der Waals surface area contributed by atoms with Crippen LogP contribution in [0.3, 0.4) is 0 Å². The number of hydrogen-bond acceptors (Lipinski definition) is 1. The van der Waals surface area contributed by atoms with E-state index >= 15 is 0 Å². The Balaban J connectivity index is 2.67. The second-order valence-electron chi connectivity index (χ2n) is 6.52. The molecular weight excluding hydrogens is 260 g/mol.